The first-order chi connectivity index (χ1) is 13.8. The van der Waals surface area contributed by atoms with Crippen LogP contribution in [0.25, 0.3) is 5.78 Å². The zero-order valence-corrected chi connectivity index (χ0v) is 16.8. The Hall–Kier alpha value is -2.39. The molecule has 0 aromatic carbocycles. The molecule has 0 unspecified atom stereocenters. The summed E-state index contributed by atoms with van der Waals surface area (Å²) in [5.41, 5.74) is 0.445. The fraction of sp³-hybridized carbons (Fsp3) is 0.389. The third-order valence-corrected chi connectivity index (χ3v) is 5.71. The van der Waals surface area contributed by atoms with Crippen molar-refractivity contribution in [2.24, 2.45) is 5.92 Å². The van der Waals surface area contributed by atoms with E-state index in [0.29, 0.717) is 25.2 Å². The average Bonchev–Trinajstić information content (AvgIpc) is 3.18. The van der Waals surface area contributed by atoms with Gasteiger partial charge in [-0.2, -0.15) is 10.1 Å². The van der Waals surface area contributed by atoms with Crippen LogP contribution in [0.5, 0.6) is 0 Å². The summed E-state index contributed by atoms with van der Waals surface area (Å²) in [4.78, 5) is 26.4. The van der Waals surface area contributed by atoms with Crippen molar-refractivity contribution in [3.8, 4) is 0 Å². The van der Waals surface area contributed by atoms with Crippen molar-refractivity contribution in [3.63, 3.8) is 0 Å². The number of likely N-dealkylation sites (tertiary alicyclic amines) is 1. The Kier molecular flexibility index (Phi) is 5.35. The molecule has 2 atom stereocenters. The number of aromatic nitrogens is 5. The Morgan fingerprint density at radius 2 is 2.07 bits per heavy atom. The Balaban J connectivity index is 1.70. The maximum Gasteiger partial charge on any atom is 0.280 e. The van der Waals surface area contributed by atoms with Gasteiger partial charge < -0.3 is 4.90 Å². The smallest absolute Gasteiger partial charge is 0.280 e. The molecule has 0 spiro atoms. The van der Waals surface area contributed by atoms with Crippen LogP contribution in [0.15, 0.2) is 24.7 Å². The first kappa shape index (κ1) is 19.9. The van der Waals surface area contributed by atoms with E-state index in [1.54, 1.807) is 4.90 Å². The number of hydrogen-bond donors (Lipinski definition) is 0. The number of amides is 1. The third-order valence-electron chi connectivity index (χ3n) is 5.20. The second-order valence-corrected chi connectivity index (χ2v) is 7.78. The van der Waals surface area contributed by atoms with E-state index >= 15 is 0 Å². The Bertz CT molecular complexity index is 1080. The predicted octanol–water partition coefficient (Wildman–Crippen LogP) is 4.03. The number of fused-ring (bicyclic) bond motifs is 1. The van der Waals surface area contributed by atoms with Crippen LogP contribution < -0.4 is 0 Å². The predicted molar refractivity (Wildman–Crippen MR) is 102 cm³/mol. The summed E-state index contributed by atoms with van der Waals surface area (Å²) in [6.45, 7) is 2.85. The number of pyridine rings is 1. The van der Waals surface area contributed by atoms with Crippen molar-refractivity contribution < 1.29 is 13.6 Å². The van der Waals surface area contributed by atoms with E-state index in [1.807, 2.05) is 6.92 Å². The van der Waals surface area contributed by atoms with Gasteiger partial charge in [0, 0.05) is 25.2 Å². The summed E-state index contributed by atoms with van der Waals surface area (Å²) >= 11 is 12.0. The lowest BCUT2D eigenvalue weighted by Crippen LogP contribution is -2.42. The Labute approximate surface area is 174 Å². The van der Waals surface area contributed by atoms with Crippen LogP contribution in [0.1, 0.15) is 47.4 Å². The zero-order chi connectivity index (χ0) is 20.7. The van der Waals surface area contributed by atoms with Crippen LogP contribution >= 0.6 is 23.2 Å². The highest BCUT2D eigenvalue weighted by atomic mass is 35.5. The molecular formula is C18H16Cl2F2N6O. The SMILES string of the molecule is C[C@@H]1CCN(C(=O)c2cc(Cl)ncc2Cl)C[C@H]1c1cc(C(F)F)nc2ncnn12. The van der Waals surface area contributed by atoms with Gasteiger partial charge in [0.2, 0.25) is 0 Å². The Morgan fingerprint density at radius 1 is 1.28 bits per heavy atom. The van der Waals surface area contributed by atoms with E-state index < -0.39 is 6.43 Å². The number of nitrogens with zero attached hydrogens (tertiary/aromatic N) is 6. The van der Waals surface area contributed by atoms with Gasteiger partial charge in [-0.1, -0.05) is 30.1 Å². The van der Waals surface area contributed by atoms with Crippen molar-refractivity contribution in [3.05, 3.63) is 51.8 Å². The van der Waals surface area contributed by atoms with Crippen molar-refractivity contribution >= 4 is 34.9 Å². The van der Waals surface area contributed by atoms with Crippen LogP contribution in [0.4, 0.5) is 8.78 Å². The van der Waals surface area contributed by atoms with Crippen LogP contribution in [0.2, 0.25) is 10.2 Å². The van der Waals surface area contributed by atoms with Gasteiger partial charge in [-0.3, -0.25) is 4.79 Å². The number of carbonyl (C=O) groups excluding carboxylic acids is 1. The van der Waals surface area contributed by atoms with Gasteiger partial charge in [-0.25, -0.2) is 23.3 Å². The molecular weight excluding hydrogens is 425 g/mol. The molecule has 3 aromatic heterocycles. The number of halogens is 4. The summed E-state index contributed by atoms with van der Waals surface area (Å²) in [6.07, 6.45) is 0.564. The molecule has 0 bridgehead atoms. The third kappa shape index (κ3) is 3.76. The van der Waals surface area contributed by atoms with Gasteiger partial charge in [0.05, 0.1) is 16.3 Å². The van der Waals surface area contributed by atoms with E-state index in [1.165, 1.54) is 29.2 Å². The minimum absolute atomic E-state index is 0.109. The number of piperidine rings is 1. The van der Waals surface area contributed by atoms with Crippen LogP contribution in [-0.4, -0.2) is 48.5 Å². The molecule has 4 heterocycles. The summed E-state index contributed by atoms with van der Waals surface area (Å²) in [7, 11) is 0. The van der Waals surface area contributed by atoms with Crippen molar-refractivity contribution in [1.29, 1.82) is 0 Å². The number of hydrogen-bond acceptors (Lipinski definition) is 5. The van der Waals surface area contributed by atoms with Crippen molar-refractivity contribution in [2.45, 2.75) is 25.7 Å². The molecule has 1 saturated heterocycles. The first-order valence-electron chi connectivity index (χ1n) is 8.94. The molecule has 11 heteroatoms. The molecule has 1 aliphatic heterocycles. The van der Waals surface area contributed by atoms with Gasteiger partial charge in [0.1, 0.15) is 17.2 Å². The lowest BCUT2D eigenvalue weighted by Gasteiger charge is -2.37. The minimum atomic E-state index is -2.73. The molecule has 0 saturated carbocycles. The van der Waals surface area contributed by atoms with Crippen molar-refractivity contribution in [1.82, 2.24) is 29.5 Å². The molecule has 3 aromatic rings. The summed E-state index contributed by atoms with van der Waals surface area (Å²) < 4.78 is 28.1. The number of carbonyl (C=O) groups is 1. The number of rotatable bonds is 3. The monoisotopic (exact) mass is 440 g/mol. The molecule has 4 rings (SSSR count). The fourth-order valence-corrected chi connectivity index (χ4v) is 3.96. The van der Waals surface area contributed by atoms with Crippen LogP contribution in [0.3, 0.4) is 0 Å². The normalized spacial score (nSPS) is 19.9. The first-order valence-corrected chi connectivity index (χ1v) is 9.69. The molecule has 152 valence electrons. The fourth-order valence-electron chi connectivity index (χ4n) is 3.62. The summed E-state index contributed by atoms with van der Waals surface area (Å²) in [5, 5.41) is 4.50. The van der Waals surface area contributed by atoms with E-state index in [9.17, 15) is 13.6 Å². The maximum atomic E-state index is 13.3. The van der Waals surface area contributed by atoms with Crippen LogP contribution in [0, 0.1) is 5.92 Å². The maximum absolute atomic E-state index is 13.3. The molecule has 1 aliphatic rings. The second-order valence-electron chi connectivity index (χ2n) is 6.99. The minimum Gasteiger partial charge on any atom is -0.338 e. The van der Waals surface area contributed by atoms with E-state index in [-0.39, 0.29) is 45.0 Å². The zero-order valence-electron chi connectivity index (χ0n) is 15.3. The average molecular weight is 441 g/mol. The molecule has 29 heavy (non-hydrogen) atoms. The molecule has 1 fully saturated rings. The van der Waals surface area contributed by atoms with Crippen molar-refractivity contribution in [2.75, 3.05) is 13.1 Å². The van der Waals surface area contributed by atoms with E-state index in [2.05, 4.69) is 20.1 Å². The molecule has 7 nitrogen and oxygen atoms in total. The molecule has 0 radical (unpaired) electrons. The molecule has 0 N–H and O–H groups in total. The summed E-state index contributed by atoms with van der Waals surface area (Å²) in [6, 6.07) is 2.77. The second kappa shape index (κ2) is 7.79. The lowest BCUT2D eigenvalue weighted by atomic mass is 9.84. The Morgan fingerprint density at radius 3 is 2.83 bits per heavy atom. The molecule has 0 aliphatic carbocycles. The van der Waals surface area contributed by atoms with E-state index in [0.717, 1.165) is 0 Å². The van der Waals surface area contributed by atoms with Crippen LogP contribution in [-0.2, 0) is 0 Å². The lowest BCUT2D eigenvalue weighted by molar-refractivity contribution is 0.0665. The van der Waals surface area contributed by atoms with Gasteiger partial charge in [-0.15, -0.1) is 0 Å². The highest BCUT2D eigenvalue weighted by Crippen LogP contribution is 2.34. The molecule has 1 amide bonds. The largest absolute Gasteiger partial charge is 0.338 e. The number of alkyl halides is 2. The van der Waals surface area contributed by atoms with Gasteiger partial charge in [-0.05, 0) is 24.5 Å². The topological polar surface area (TPSA) is 76.3 Å². The van der Waals surface area contributed by atoms with Gasteiger partial charge >= 0.3 is 0 Å². The highest BCUT2D eigenvalue weighted by molar-refractivity contribution is 6.35. The van der Waals surface area contributed by atoms with E-state index in [4.69, 9.17) is 23.2 Å². The summed E-state index contributed by atoms with van der Waals surface area (Å²) in [5.74, 6) is -0.268. The van der Waals surface area contributed by atoms with Gasteiger partial charge in [0.25, 0.3) is 18.1 Å². The highest BCUT2D eigenvalue weighted by Gasteiger charge is 2.33. The quantitative estimate of drug-likeness (QED) is 0.574. The van der Waals surface area contributed by atoms with Gasteiger partial charge in [0.15, 0.2) is 0 Å². The standard InChI is InChI=1S/C18H16Cl2F2N6O/c1-9-2-3-27(17(29)10-4-15(20)23-6-12(10)19)7-11(9)14-5-13(16(21)22)26-18-24-8-25-28(14)18/h4-6,8-9,11,16H,2-3,7H2,1H3/t9-,11-/m1/s1.